The Hall–Kier alpha value is -1.36. The Bertz CT molecular complexity index is 241. The zero-order valence-electron chi connectivity index (χ0n) is 5.07. The molecule has 0 saturated carbocycles. The van der Waals surface area contributed by atoms with E-state index in [1.165, 1.54) is 0 Å². The fraction of sp³-hybridized carbons (Fsp3) is 0.200. The number of aromatic nitrogens is 1. The van der Waals surface area contributed by atoms with E-state index in [2.05, 4.69) is 15.6 Å². The molecule has 2 rings (SSSR count). The Kier molecular flexibility index (Phi) is 1.14. The molecule has 1 N–H and O–H groups in total. The second-order valence-corrected chi connectivity index (χ2v) is 1.76. The summed E-state index contributed by atoms with van der Waals surface area (Å²) in [5, 5.41) is 3.52. The summed E-state index contributed by atoms with van der Waals surface area (Å²) in [7, 11) is 0. The monoisotopic (exact) mass is 139 g/mol. The van der Waals surface area contributed by atoms with Gasteiger partial charge in [0, 0.05) is 6.07 Å². The normalized spacial score (nSPS) is 16.6. The topological polar surface area (TPSA) is 59.6 Å². The van der Waals surface area contributed by atoms with Gasteiger partial charge in [-0.15, -0.1) is 0 Å². The first kappa shape index (κ1) is 5.43. The summed E-state index contributed by atoms with van der Waals surface area (Å²) in [5.41, 5.74) is 2.58. The summed E-state index contributed by atoms with van der Waals surface area (Å²) >= 11 is 0. The first-order chi connectivity index (χ1) is 4.97. The molecule has 52 valence electrons. The van der Waals surface area contributed by atoms with Gasteiger partial charge in [0.15, 0.2) is 12.6 Å². The number of hydrogen-bond acceptors (Lipinski definition) is 5. The quantitative estimate of drug-likeness (QED) is 0.590. The molecule has 0 atom stereocenters. The van der Waals surface area contributed by atoms with Crippen LogP contribution in [0, 0.1) is 0 Å². The van der Waals surface area contributed by atoms with E-state index in [4.69, 9.17) is 9.36 Å². The second kappa shape index (κ2) is 2.11. The summed E-state index contributed by atoms with van der Waals surface area (Å²) in [6.07, 6.45) is 1.55. The van der Waals surface area contributed by atoms with Crippen LogP contribution in [0.1, 0.15) is 5.76 Å². The van der Waals surface area contributed by atoms with Crippen LogP contribution in [0.2, 0.25) is 0 Å². The van der Waals surface area contributed by atoms with Gasteiger partial charge in [-0.3, -0.25) is 4.84 Å². The maximum atomic E-state index is 4.79. The Morgan fingerprint density at radius 3 is 3.20 bits per heavy atom. The molecule has 0 bridgehead atoms. The molecule has 5 heteroatoms. The molecule has 5 nitrogen and oxygen atoms in total. The fourth-order valence-electron chi connectivity index (χ4n) is 0.696. The van der Waals surface area contributed by atoms with Crippen LogP contribution in [-0.4, -0.2) is 17.7 Å². The van der Waals surface area contributed by atoms with E-state index in [0.29, 0.717) is 18.3 Å². The van der Waals surface area contributed by atoms with E-state index < -0.39 is 0 Å². The third kappa shape index (κ3) is 0.763. The van der Waals surface area contributed by atoms with Gasteiger partial charge in [0.05, 0.1) is 6.20 Å². The summed E-state index contributed by atoms with van der Waals surface area (Å²) in [4.78, 5) is 8.67. The number of nitrogens with zero attached hydrogens (tertiary/aromatic N) is 2. The lowest BCUT2D eigenvalue weighted by Gasteiger charge is -1.91. The number of rotatable bonds is 1. The maximum Gasteiger partial charge on any atom is 0.203 e. The molecule has 1 aliphatic rings. The smallest absolute Gasteiger partial charge is 0.203 e. The molecule has 2 heterocycles. The third-order valence-electron chi connectivity index (χ3n) is 1.13. The molecule has 0 unspecified atom stereocenters. The molecule has 0 fully saturated rings. The van der Waals surface area contributed by atoms with Crippen molar-refractivity contribution in [3.63, 3.8) is 0 Å². The summed E-state index contributed by atoms with van der Waals surface area (Å²) in [5.74, 6) is 1.19. The largest absolute Gasteiger partial charge is 0.353 e. The first-order valence-corrected chi connectivity index (χ1v) is 2.80. The number of nitrogens with one attached hydrogen (secondary N) is 1. The van der Waals surface area contributed by atoms with Crippen LogP contribution in [0.4, 0.5) is 0 Å². The van der Waals surface area contributed by atoms with E-state index >= 15 is 0 Å². The van der Waals surface area contributed by atoms with Gasteiger partial charge in [-0.1, -0.05) is 5.16 Å². The average molecular weight is 139 g/mol. The van der Waals surface area contributed by atoms with Gasteiger partial charge in [0.1, 0.15) is 0 Å². The molecule has 0 aromatic carbocycles. The van der Waals surface area contributed by atoms with Gasteiger partial charge in [-0.2, -0.15) is 0 Å². The van der Waals surface area contributed by atoms with Crippen LogP contribution in [0.25, 0.3) is 0 Å². The molecule has 10 heavy (non-hydrogen) atoms. The minimum atomic E-state index is 0.329. The standard InChI is InChI=1S/C5H5N3O2/c1-2-7-10-4(1)5-6-3-9-8-5/h1-2H,3H2,(H,6,8). The SMILES string of the molecule is c1cc(C2=NCON2)on1. The zero-order chi connectivity index (χ0) is 6.81. The van der Waals surface area contributed by atoms with E-state index in [9.17, 15) is 0 Å². The molecule has 1 aromatic rings. The lowest BCUT2D eigenvalue weighted by atomic mass is 10.4. The van der Waals surface area contributed by atoms with Gasteiger partial charge in [0.2, 0.25) is 5.76 Å². The van der Waals surface area contributed by atoms with Gasteiger partial charge < -0.3 is 4.52 Å². The summed E-state index contributed by atoms with van der Waals surface area (Å²) < 4.78 is 4.79. The molecule has 1 aliphatic heterocycles. The highest BCUT2D eigenvalue weighted by Gasteiger charge is 2.10. The lowest BCUT2D eigenvalue weighted by Crippen LogP contribution is -2.16. The summed E-state index contributed by atoms with van der Waals surface area (Å²) in [6, 6.07) is 1.71. The second-order valence-electron chi connectivity index (χ2n) is 1.76. The maximum absolute atomic E-state index is 4.79. The van der Waals surface area contributed by atoms with Crippen LogP contribution in [-0.2, 0) is 4.84 Å². The predicted octanol–water partition coefficient (Wildman–Crippen LogP) is -0.0865. The van der Waals surface area contributed by atoms with Crippen LogP contribution in [0.3, 0.4) is 0 Å². The number of aliphatic imine (C=N–C) groups is 1. The average Bonchev–Trinajstić information content (AvgIpc) is 2.59. The Balaban J connectivity index is 2.28. The van der Waals surface area contributed by atoms with E-state index in [-0.39, 0.29) is 0 Å². The van der Waals surface area contributed by atoms with Gasteiger partial charge in [-0.05, 0) is 0 Å². The fourth-order valence-corrected chi connectivity index (χ4v) is 0.696. The molecule has 0 saturated heterocycles. The van der Waals surface area contributed by atoms with E-state index in [1.54, 1.807) is 12.3 Å². The molecular formula is C5H5N3O2. The Morgan fingerprint density at radius 1 is 1.60 bits per heavy atom. The highest BCUT2D eigenvalue weighted by molar-refractivity contribution is 5.95. The van der Waals surface area contributed by atoms with Gasteiger partial charge in [-0.25, -0.2) is 10.5 Å². The van der Waals surface area contributed by atoms with Crippen molar-refractivity contribution in [2.45, 2.75) is 0 Å². The number of hydroxylamine groups is 1. The lowest BCUT2D eigenvalue weighted by molar-refractivity contribution is 0.114. The van der Waals surface area contributed by atoms with Crippen LogP contribution >= 0.6 is 0 Å². The summed E-state index contributed by atoms with van der Waals surface area (Å²) in [6.45, 7) is 0.329. The number of hydrogen-bond donors (Lipinski definition) is 1. The van der Waals surface area contributed by atoms with Crippen molar-refractivity contribution in [2.24, 2.45) is 4.99 Å². The van der Waals surface area contributed by atoms with E-state index in [1.807, 2.05) is 0 Å². The molecule has 0 spiro atoms. The minimum Gasteiger partial charge on any atom is -0.353 e. The predicted molar refractivity (Wildman–Crippen MR) is 32.1 cm³/mol. The van der Waals surface area contributed by atoms with Crippen molar-refractivity contribution in [3.8, 4) is 0 Å². The molecule has 0 amide bonds. The van der Waals surface area contributed by atoms with Crippen LogP contribution < -0.4 is 5.48 Å². The Labute approximate surface area is 56.6 Å². The molecule has 1 aromatic heterocycles. The van der Waals surface area contributed by atoms with Crippen LogP contribution in [0.15, 0.2) is 21.8 Å². The first-order valence-electron chi connectivity index (χ1n) is 2.80. The highest BCUT2D eigenvalue weighted by Crippen LogP contribution is 2.00. The van der Waals surface area contributed by atoms with Crippen molar-refractivity contribution in [3.05, 3.63) is 18.0 Å². The van der Waals surface area contributed by atoms with Crippen molar-refractivity contribution < 1.29 is 9.36 Å². The van der Waals surface area contributed by atoms with Crippen molar-refractivity contribution >= 4 is 5.84 Å². The van der Waals surface area contributed by atoms with E-state index in [0.717, 1.165) is 0 Å². The zero-order valence-corrected chi connectivity index (χ0v) is 5.07. The minimum absolute atomic E-state index is 0.329. The molecular weight excluding hydrogens is 134 g/mol. The van der Waals surface area contributed by atoms with Crippen molar-refractivity contribution in [1.82, 2.24) is 10.6 Å². The van der Waals surface area contributed by atoms with Crippen molar-refractivity contribution in [1.29, 1.82) is 0 Å². The van der Waals surface area contributed by atoms with Crippen molar-refractivity contribution in [2.75, 3.05) is 6.73 Å². The highest BCUT2D eigenvalue weighted by atomic mass is 16.7. The Morgan fingerprint density at radius 2 is 2.60 bits per heavy atom. The van der Waals surface area contributed by atoms with Gasteiger partial charge in [0.25, 0.3) is 0 Å². The third-order valence-corrected chi connectivity index (χ3v) is 1.13. The molecule has 0 aliphatic carbocycles. The van der Waals surface area contributed by atoms with Gasteiger partial charge >= 0.3 is 0 Å². The van der Waals surface area contributed by atoms with Crippen LogP contribution in [0.5, 0.6) is 0 Å². The number of amidine groups is 1. The molecule has 0 radical (unpaired) electrons.